The Labute approximate surface area is 134 Å². The maximum Gasteiger partial charge on any atom is 0.184 e. The van der Waals surface area contributed by atoms with Crippen LogP contribution >= 0.6 is 12.4 Å². The highest BCUT2D eigenvalue weighted by atomic mass is 35.5. The molecule has 6 heteroatoms. The quantitative estimate of drug-likeness (QED) is 0.639. The minimum atomic E-state index is -0.810. The Morgan fingerprint density at radius 1 is 1.05 bits per heavy atom. The zero-order valence-electron chi connectivity index (χ0n) is 12.0. The van der Waals surface area contributed by atoms with Crippen LogP contribution in [0.15, 0.2) is 36.4 Å². The van der Waals surface area contributed by atoms with Crippen LogP contribution in [0.1, 0.15) is 18.1 Å². The van der Waals surface area contributed by atoms with Gasteiger partial charge in [-0.15, -0.1) is 12.4 Å². The van der Waals surface area contributed by atoms with Crippen molar-refractivity contribution in [2.75, 3.05) is 6.54 Å². The first-order chi connectivity index (χ1) is 9.98. The summed E-state index contributed by atoms with van der Waals surface area (Å²) in [5, 5.41) is 32.0. The number of hydrogen-bond donors (Lipinski definition) is 4. The highest BCUT2D eigenvalue weighted by Crippen LogP contribution is 2.37. The number of ether oxygens (including phenoxy) is 1. The molecule has 0 amide bonds. The number of rotatable bonds is 2. The van der Waals surface area contributed by atoms with Crippen molar-refractivity contribution in [1.29, 1.82) is 0 Å². The lowest BCUT2D eigenvalue weighted by Gasteiger charge is -2.37. The number of aromatic hydroxyl groups is 3. The molecule has 0 radical (unpaired) electrons. The summed E-state index contributed by atoms with van der Waals surface area (Å²) in [6.45, 7) is 2.57. The zero-order valence-corrected chi connectivity index (χ0v) is 12.9. The average Bonchev–Trinajstić information content (AvgIpc) is 2.44. The average molecular weight is 324 g/mol. The van der Waals surface area contributed by atoms with Crippen LogP contribution in [0.2, 0.25) is 0 Å². The second-order valence-corrected chi connectivity index (χ2v) is 5.30. The predicted molar refractivity (Wildman–Crippen MR) is 84.8 cm³/mol. The van der Waals surface area contributed by atoms with Crippen molar-refractivity contribution in [2.24, 2.45) is 0 Å². The van der Waals surface area contributed by atoms with Crippen LogP contribution in [0.4, 0.5) is 0 Å². The van der Waals surface area contributed by atoms with Gasteiger partial charge in [0.05, 0.1) is 0 Å². The maximum absolute atomic E-state index is 9.74. The van der Waals surface area contributed by atoms with Gasteiger partial charge in [0.2, 0.25) is 0 Å². The Morgan fingerprint density at radius 3 is 2.36 bits per heavy atom. The first-order valence-electron chi connectivity index (χ1n) is 6.76. The van der Waals surface area contributed by atoms with Crippen molar-refractivity contribution < 1.29 is 20.1 Å². The predicted octanol–water partition coefficient (Wildman–Crippen LogP) is 2.62. The summed E-state index contributed by atoms with van der Waals surface area (Å²) >= 11 is 0. The molecule has 0 aliphatic carbocycles. The molecule has 2 aromatic rings. The van der Waals surface area contributed by atoms with E-state index < -0.39 is 5.72 Å². The van der Waals surface area contributed by atoms with Gasteiger partial charge >= 0.3 is 0 Å². The molecule has 1 unspecified atom stereocenters. The van der Waals surface area contributed by atoms with E-state index in [2.05, 4.69) is 5.32 Å². The summed E-state index contributed by atoms with van der Waals surface area (Å²) in [4.78, 5) is 0. The Morgan fingerprint density at radius 2 is 1.68 bits per heavy atom. The molecule has 4 N–H and O–H groups in total. The topological polar surface area (TPSA) is 82.0 Å². The summed E-state index contributed by atoms with van der Waals surface area (Å²) in [5.74, 6) is 0.482. The molecule has 1 atom stereocenters. The smallest absolute Gasteiger partial charge is 0.184 e. The molecule has 0 saturated heterocycles. The van der Waals surface area contributed by atoms with Crippen LogP contribution in [0.25, 0.3) is 0 Å². The summed E-state index contributed by atoms with van der Waals surface area (Å²) < 4.78 is 6.00. The van der Waals surface area contributed by atoms with Crippen LogP contribution < -0.4 is 10.1 Å². The van der Waals surface area contributed by atoms with E-state index in [9.17, 15) is 15.3 Å². The minimum Gasteiger partial charge on any atom is -0.508 e. The van der Waals surface area contributed by atoms with Crippen LogP contribution in [0.3, 0.4) is 0 Å². The van der Waals surface area contributed by atoms with Gasteiger partial charge in [-0.3, -0.25) is 5.32 Å². The second kappa shape index (κ2) is 5.94. The van der Waals surface area contributed by atoms with Crippen molar-refractivity contribution in [3.8, 4) is 23.0 Å². The first-order valence-corrected chi connectivity index (χ1v) is 6.76. The van der Waals surface area contributed by atoms with E-state index in [0.29, 0.717) is 12.3 Å². The first kappa shape index (κ1) is 16.3. The van der Waals surface area contributed by atoms with Gasteiger partial charge in [-0.2, -0.15) is 0 Å². The molecule has 0 saturated carbocycles. The lowest BCUT2D eigenvalue weighted by atomic mass is 9.91. The summed E-state index contributed by atoms with van der Waals surface area (Å²) in [6.07, 6.45) is 0.748. The molecule has 1 aliphatic heterocycles. The van der Waals surface area contributed by atoms with Crippen molar-refractivity contribution >= 4 is 12.4 Å². The standard InChI is InChI=1S/C16H17NO4.ClH/c1-16(21-12-4-2-11(18)3-5-12)13-9-15(20)14(19)8-10(13)6-7-17-16;/h2-5,8-9,17-20H,6-7H2,1H3;1H. The summed E-state index contributed by atoms with van der Waals surface area (Å²) in [6, 6.07) is 9.56. The van der Waals surface area contributed by atoms with E-state index in [1.807, 2.05) is 6.92 Å². The van der Waals surface area contributed by atoms with Gasteiger partial charge in [-0.05, 0) is 55.3 Å². The van der Waals surface area contributed by atoms with Gasteiger partial charge in [0.1, 0.15) is 11.5 Å². The maximum atomic E-state index is 9.74. The zero-order chi connectivity index (χ0) is 15.0. The second-order valence-electron chi connectivity index (χ2n) is 5.30. The van der Waals surface area contributed by atoms with E-state index in [4.69, 9.17) is 4.74 Å². The third-order valence-electron chi connectivity index (χ3n) is 3.73. The van der Waals surface area contributed by atoms with Gasteiger partial charge in [0.25, 0.3) is 0 Å². The number of halogens is 1. The van der Waals surface area contributed by atoms with E-state index >= 15 is 0 Å². The summed E-state index contributed by atoms with van der Waals surface area (Å²) in [5.41, 5.74) is 0.915. The third kappa shape index (κ3) is 2.91. The molecule has 22 heavy (non-hydrogen) atoms. The lowest BCUT2D eigenvalue weighted by Crippen LogP contribution is -2.49. The molecular weight excluding hydrogens is 306 g/mol. The van der Waals surface area contributed by atoms with Gasteiger partial charge < -0.3 is 20.1 Å². The Balaban J connectivity index is 0.00000176. The molecule has 118 valence electrons. The lowest BCUT2D eigenvalue weighted by molar-refractivity contribution is 0.0417. The molecule has 1 heterocycles. The molecule has 0 bridgehead atoms. The van der Waals surface area contributed by atoms with Crippen LogP contribution in [0.5, 0.6) is 23.0 Å². The van der Waals surface area contributed by atoms with Crippen molar-refractivity contribution in [3.63, 3.8) is 0 Å². The number of nitrogens with one attached hydrogen (secondary N) is 1. The number of phenolic OH excluding ortho intramolecular Hbond substituents is 3. The van der Waals surface area contributed by atoms with E-state index in [1.165, 1.54) is 6.07 Å². The Bertz CT molecular complexity index is 675. The summed E-state index contributed by atoms with van der Waals surface area (Å²) in [7, 11) is 0. The Kier molecular flexibility index (Phi) is 4.39. The van der Waals surface area contributed by atoms with E-state index in [1.54, 1.807) is 30.3 Å². The fourth-order valence-electron chi connectivity index (χ4n) is 2.64. The molecule has 5 nitrogen and oxygen atoms in total. The van der Waals surface area contributed by atoms with E-state index in [0.717, 1.165) is 17.5 Å². The highest BCUT2D eigenvalue weighted by Gasteiger charge is 2.34. The van der Waals surface area contributed by atoms with Gasteiger partial charge in [0.15, 0.2) is 17.2 Å². The van der Waals surface area contributed by atoms with Gasteiger partial charge in [-0.25, -0.2) is 0 Å². The fraction of sp³-hybridized carbons (Fsp3) is 0.250. The number of phenols is 3. The van der Waals surface area contributed by atoms with Crippen LogP contribution in [-0.2, 0) is 12.1 Å². The molecule has 0 fully saturated rings. The van der Waals surface area contributed by atoms with Crippen LogP contribution in [0, 0.1) is 0 Å². The van der Waals surface area contributed by atoms with Crippen molar-refractivity contribution in [3.05, 3.63) is 47.5 Å². The third-order valence-corrected chi connectivity index (χ3v) is 3.73. The fourth-order valence-corrected chi connectivity index (χ4v) is 2.64. The van der Waals surface area contributed by atoms with Gasteiger partial charge in [-0.1, -0.05) is 0 Å². The number of fused-ring (bicyclic) bond motifs is 1. The monoisotopic (exact) mass is 323 g/mol. The molecule has 2 aromatic carbocycles. The highest BCUT2D eigenvalue weighted by molar-refractivity contribution is 5.85. The number of benzene rings is 2. The molecule has 0 aromatic heterocycles. The van der Waals surface area contributed by atoms with Crippen molar-refractivity contribution in [1.82, 2.24) is 5.32 Å². The van der Waals surface area contributed by atoms with Crippen molar-refractivity contribution in [2.45, 2.75) is 19.1 Å². The van der Waals surface area contributed by atoms with Crippen LogP contribution in [-0.4, -0.2) is 21.9 Å². The minimum absolute atomic E-state index is 0. The molecule has 1 aliphatic rings. The molecular formula is C16H18ClNO4. The molecule has 0 spiro atoms. The number of hydrogen-bond acceptors (Lipinski definition) is 5. The normalized spacial score (nSPS) is 19.9. The van der Waals surface area contributed by atoms with E-state index in [-0.39, 0.29) is 29.7 Å². The largest absolute Gasteiger partial charge is 0.508 e. The van der Waals surface area contributed by atoms with Gasteiger partial charge in [0, 0.05) is 12.1 Å². The SMILES string of the molecule is CC1(Oc2ccc(O)cc2)NCCc2cc(O)c(O)cc21.Cl. The molecule has 3 rings (SSSR count). The Hall–Kier alpha value is -2.11.